The van der Waals surface area contributed by atoms with Crippen LogP contribution in [0.3, 0.4) is 0 Å². The Kier molecular flexibility index (Phi) is 17.6. The minimum absolute atomic E-state index is 0.00533. The lowest BCUT2D eigenvalue weighted by Crippen LogP contribution is -2.64. The number of rotatable bonds is 18. The summed E-state index contributed by atoms with van der Waals surface area (Å²) in [6, 6.07) is -2.16. The van der Waals surface area contributed by atoms with Crippen molar-refractivity contribution < 1.29 is 58.2 Å². The number of nitrogens with one attached hydrogen (secondary N) is 3. The molecule has 274 valence electrons. The highest BCUT2D eigenvalue weighted by atomic mass is 16.7. The fourth-order valence-corrected chi connectivity index (χ4v) is 6.36. The Balaban J connectivity index is 1.42. The first-order valence-corrected chi connectivity index (χ1v) is 17.5. The van der Waals surface area contributed by atoms with Crippen molar-refractivity contribution in [2.24, 2.45) is 11.8 Å². The van der Waals surface area contributed by atoms with Crippen molar-refractivity contribution >= 4 is 29.7 Å². The van der Waals surface area contributed by atoms with Crippen molar-refractivity contribution in [2.75, 3.05) is 33.0 Å². The molecule has 6 N–H and O–H groups in total. The van der Waals surface area contributed by atoms with Gasteiger partial charge in [0.15, 0.2) is 6.29 Å². The second kappa shape index (κ2) is 21.3. The zero-order valence-corrected chi connectivity index (χ0v) is 28.1. The minimum Gasteiger partial charge on any atom is -0.465 e. The van der Waals surface area contributed by atoms with E-state index in [0.717, 1.165) is 51.4 Å². The van der Waals surface area contributed by atoms with Gasteiger partial charge >= 0.3 is 11.9 Å². The summed E-state index contributed by atoms with van der Waals surface area (Å²) in [7, 11) is 0. The molecule has 2 saturated carbocycles. The predicted molar refractivity (Wildman–Crippen MR) is 170 cm³/mol. The van der Waals surface area contributed by atoms with Gasteiger partial charge in [-0.3, -0.25) is 19.2 Å². The van der Waals surface area contributed by atoms with Gasteiger partial charge in [-0.1, -0.05) is 38.5 Å². The van der Waals surface area contributed by atoms with E-state index in [0.29, 0.717) is 12.5 Å². The highest BCUT2D eigenvalue weighted by Gasteiger charge is 2.45. The van der Waals surface area contributed by atoms with Crippen molar-refractivity contribution in [3.8, 4) is 0 Å². The van der Waals surface area contributed by atoms with Crippen LogP contribution in [0.15, 0.2) is 0 Å². The van der Waals surface area contributed by atoms with Crippen LogP contribution in [0.1, 0.15) is 96.8 Å². The SMILES string of the molecule is CC(=O)N[C@H]1[C@H](OCCNC(=O)CCC(=O)NC(CCC(=O)OCC2CCCCC2)C(=O)OCC2CCCCC2)O[C@H](CO)[C@H](O)[C@@H]1O. The molecule has 2 aliphatic carbocycles. The summed E-state index contributed by atoms with van der Waals surface area (Å²) in [5, 5.41) is 37.5. The number of hydrogen-bond acceptors (Lipinski definition) is 12. The molecule has 0 radical (unpaired) electrons. The average molecular weight is 686 g/mol. The third kappa shape index (κ3) is 13.9. The molecule has 0 bridgehead atoms. The number of carbonyl (C=O) groups is 5. The molecule has 3 rings (SSSR count). The first-order valence-electron chi connectivity index (χ1n) is 17.5. The molecule has 48 heavy (non-hydrogen) atoms. The fourth-order valence-electron chi connectivity index (χ4n) is 6.36. The molecule has 1 aliphatic heterocycles. The van der Waals surface area contributed by atoms with Gasteiger partial charge in [-0.15, -0.1) is 0 Å². The summed E-state index contributed by atoms with van der Waals surface area (Å²) >= 11 is 0. The Morgan fingerprint density at radius 3 is 2.02 bits per heavy atom. The molecule has 1 heterocycles. The minimum atomic E-state index is -1.46. The Bertz CT molecular complexity index is 1030. The molecule has 0 aromatic heterocycles. The summed E-state index contributed by atoms with van der Waals surface area (Å²) in [5.41, 5.74) is 0. The second-order valence-corrected chi connectivity index (χ2v) is 13.1. The van der Waals surface area contributed by atoms with Gasteiger partial charge in [0.2, 0.25) is 17.7 Å². The Hall–Kier alpha value is -2.85. The molecule has 0 aromatic carbocycles. The molecule has 3 amide bonds. The van der Waals surface area contributed by atoms with Gasteiger partial charge in [-0.25, -0.2) is 4.79 Å². The molecule has 3 aliphatic rings. The van der Waals surface area contributed by atoms with Crippen LogP contribution >= 0.6 is 0 Å². The van der Waals surface area contributed by atoms with E-state index in [4.69, 9.17) is 18.9 Å². The molecular weight excluding hydrogens is 630 g/mol. The maximum absolute atomic E-state index is 13.0. The van der Waals surface area contributed by atoms with Crippen molar-refractivity contribution in [3.05, 3.63) is 0 Å². The third-order valence-electron chi connectivity index (χ3n) is 9.18. The summed E-state index contributed by atoms with van der Waals surface area (Å²) in [4.78, 5) is 62.2. The number of carbonyl (C=O) groups excluding carboxylic acids is 5. The van der Waals surface area contributed by atoms with Crippen LogP contribution in [0.2, 0.25) is 0 Å². The number of aliphatic hydroxyl groups is 3. The summed E-state index contributed by atoms with van der Waals surface area (Å²) < 4.78 is 22.0. The second-order valence-electron chi connectivity index (χ2n) is 13.1. The standard InChI is InChI=1S/C33H55N3O12/c1-21(38)35-29-31(43)30(42)25(18-37)48-33(29)45-17-16-34-26(39)13-14-27(40)36-24(32(44)47-20-23-10-6-3-7-11-23)12-15-28(41)46-19-22-8-4-2-5-9-22/h22-25,29-31,33,37,42-43H,2-20H2,1H3,(H,34,39)(H,35,38)(H,36,40)/t24?,25-,29-,30+,31-,33-/m1/s1. The molecule has 6 atom stereocenters. The van der Waals surface area contributed by atoms with Crippen LogP contribution in [0, 0.1) is 11.8 Å². The van der Waals surface area contributed by atoms with Crippen LogP contribution in [-0.2, 0) is 42.9 Å². The van der Waals surface area contributed by atoms with Crippen LogP contribution in [0.25, 0.3) is 0 Å². The Labute approximate surface area is 282 Å². The molecule has 0 aromatic rings. The lowest BCUT2D eigenvalue weighted by molar-refractivity contribution is -0.269. The van der Waals surface area contributed by atoms with E-state index in [1.54, 1.807) is 0 Å². The molecule has 1 unspecified atom stereocenters. The first-order chi connectivity index (χ1) is 23.1. The van der Waals surface area contributed by atoms with E-state index in [1.165, 1.54) is 19.8 Å². The lowest BCUT2D eigenvalue weighted by Gasteiger charge is -2.42. The van der Waals surface area contributed by atoms with Gasteiger partial charge in [0.25, 0.3) is 0 Å². The third-order valence-corrected chi connectivity index (χ3v) is 9.18. The predicted octanol–water partition coefficient (Wildman–Crippen LogP) is 0.355. The fraction of sp³-hybridized carbons (Fsp3) is 0.848. The van der Waals surface area contributed by atoms with E-state index in [2.05, 4.69) is 16.0 Å². The number of amides is 3. The average Bonchev–Trinajstić information content (AvgIpc) is 3.09. The summed E-state index contributed by atoms with van der Waals surface area (Å²) in [6.45, 7) is 1.15. The van der Waals surface area contributed by atoms with Crippen LogP contribution in [0.5, 0.6) is 0 Å². The zero-order valence-electron chi connectivity index (χ0n) is 28.1. The topological polar surface area (TPSA) is 219 Å². The normalized spacial score (nSPS) is 25.8. The molecule has 1 saturated heterocycles. The quantitative estimate of drug-likeness (QED) is 0.0851. The summed E-state index contributed by atoms with van der Waals surface area (Å²) in [6.07, 6.45) is 5.16. The number of aliphatic hydroxyl groups excluding tert-OH is 3. The number of ether oxygens (including phenoxy) is 4. The van der Waals surface area contributed by atoms with Gasteiger partial charge in [0, 0.05) is 32.7 Å². The maximum Gasteiger partial charge on any atom is 0.328 e. The molecular formula is C33H55N3O12. The number of esters is 2. The zero-order chi connectivity index (χ0) is 34.9. The van der Waals surface area contributed by atoms with E-state index >= 15 is 0 Å². The van der Waals surface area contributed by atoms with Crippen LogP contribution in [-0.4, -0.2) is 115 Å². The lowest BCUT2D eigenvalue weighted by atomic mass is 9.90. The Morgan fingerprint density at radius 1 is 0.812 bits per heavy atom. The van der Waals surface area contributed by atoms with Crippen LogP contribution < -0.4 is 16.0 Å². The highest BCUT2D eigenvalue weighted by molar-refractivity contribution is 5.87. The molecule has 3 fully saturated rings. The van der Waals surface area contributed by atoms with Gasteiger partial charge in [-0.05, 0) is 43.9 Å². The number of hydrogen-bond donors (Lipinski definition) is 6. The van der Waals surface area contributed by atoms with Crippen LogP contribution in [0.4, 0.5) is 0 Å². The van der Waals surface area contributed by atoms with Crippen molar-refractivity contribution in [3.63, 3.8) is 0 Å². The molecule has 0 spiro atoms. The van der Waals surface area contributed by atoms with E-state index in [1.807, 2.05) is 0 Å². The van der Waals surface area contributed by atoms with Gasteiger partial charge in [-0.2, -0.15) is 0 Å². The van der Waals surface area contributed by atoms with Gasteiger partial charge in [0.05, 0.1) is 26.4 Å². The molecule has 15 nitrogen and oxygen atoms in total. The van der Waals surface area contributed by atoms with Gasteiger partial charge in [0.1, 0.15) is 30.4 Å². The maximum atomic E-state index is 13.0. The van der Waals surface area contributed by atoms with Gasteiger partial charge < -0.3 is 50.2 Å². The van der Waals surface area contributed by atoms with E-state index in [9.17, 15) is 39.3 Å². The Morgan fingerprint density at radius 2 is 1.42 bits per heavy atom. The highest BCUT2D eigenvalue weighted by Crippen LogP contribution is 2.25. The van der Waals surface area contributed by atoms with Crippen molar-refractivity contribution in [1.29, 1.82) is 0 Å². The van der Waals surface area contributed by atoms with Crippen molar-refractivity contribution in [2.45, 2.75) is 134 Å². The summed E-state index contributed by atoms with van der Waals surface area (Å²) in [5.74, 6) is -1.91. The molecule has 15 heteroatoms. The largest absolute Gasteiger partial charge is 0.465 e. The monoisotopic (exact) mass is 685 g/mol. The van der Waals surface area contributed by atoms with E-state index in [-0.39, 0.29) is 51.4 Å². The first kappa shape index (κ1) is 39.6. The smallest absolute Gasteiger partial charge is 0.328 e. The van der Waals surface area contributed by atoms with Crippen molar-refractivity contribution in [1.82, 2.24) is 16.0 Å². The van der Waals surface area contributed by atoms with E-state index < -0.39 is 73.0 Å².